The summed E-state index contributed by atoms with van der Waals surface area (Å²) >= 11 is 0. The number of hydrogen-bond donors (Lipinski definition) is 0. The van der Waals surface area contributed by atoms with Gasteiger partial charge in [0, 0.05) is 6.04 Å². The van der Waals surface area contributed by atoms with Crippen LogP contribution in [0.2, 0.25) is 0 Å². The molecule has 0 amide bonds. The molecule has 0 bridgehead atoms. The van der Waals surface area contributed by atoms with Gasteiger partial charge in [-0.3, -0.25) is 4.90 Å². The van der Waals surface area contributed by atoms with Gasteiger partial charge in [0.15, 0.2) is 0 Å². The van der Waals surface area contributed by atoms with E-state index in [-0.39, 0.29) is 0 Å². The van der Waals surface area contributed by atoms with Crippen LogP contribution < -0.4 is 0 Å². The van der Waals surface area contributed by atoms with E-state index < -0.39 is 0 Å². The first kappa shape index (κ1) is 6.09. The number of nitrogens with zero attached hydrogens (tertiary/aromatic N) is 1. The first-order valence-corrected chi connectivity index (χ1v) is 3.48. The van der Waals surface area contributed by atoms with Crippen molar-refractivity contribution in [3.8, 4) is 0 Å². The second-order valence-electron chi connectivity index (χ2n) is 2.24. The normalized spacial score (nSPS) is 19.9. The van der Waals surface area contributed by atoms with E-state index in [1.807, 2.05) is 0 Å². The van der Waals surface area contributed by atoms with E-state index in [0.29, 0.717) is 0 Å². The van der Waals surface area contributed by atoms with Crippen LogP contribution in [0.5, 0.6) is 0 Å². The fraction of sp³-hybridized carbons (Fsp3) is 0.857. The lowest BCUT2D eigenvalue weighted by atomic mass is 10.5. The monoisotopic (exact) mass is 112 g/mol. The lowest BCUT2D eigenvalue weighted by molar-refractivity contribution is 0.359. The largest absolute Gasteiger partial charge is 0.296 e. The van der Waals surface area contributed by atoms with Gasteiger partial charge in [0.1, 0.15) is 0 Å². The summed E-state index contributed by atoms with van der Waals surface area (Å²) in [6.07, 6.45) is 2.73. The number of hydrogen-bond acceptors (Lipinski definition) is 1. The van der Waals surface area contributed by atoms with Crippen molar-refractivity contribution >= 4 is 0 Å². The second kappa shape index (κ2) is 2.49. The quantitative estimate of drug-likeness (QED) is 0.536. The molecule has 0 N–H and O–H groups in total. The van der Waals surface area contributed by atoms with Crippen LogP contribution in [0.4, 0.5) is 0 Å². The van der Waals surface area contributed by atoms with Crippen LogP contribution in [0.1, 0.15) is 26.7 Å². The molecule has 1 fully saturated rings. The highest BCUT2D eigenvalue weighted by atomic mass is 15.2. The molecule has 8 heavy (non-hydrogen) atoms. The van der Waals surface area contributed by atoms with Crippen LogP contribution in [-0.4, -0.2) is 18.0 Å². The van der Waals surface area contributed by atoms with Crippen LogP contribution in [0.15, 0.2) is 0 Å². The molecular weight excluding hydrogens is 98.1 g/mol. The highest BCUT2D eigenvalue weighted by Crippen LogP contribution is 2.34. The minimum atomic E-state index is 1.20. The summed E-state index contributed by atoms with van der Waals surface area (Å²) in [5, 5.41) is 0. The Labute approximate surface area is 51.7 Å². The zero-order chi connectivity index (χ0) is 5.98. The Bertz CT molecular complexity index is 62.8. The molecule has 0 aromatic rings. The zero-order valence-corrected chi connectivity index (χ0v) is 5.78. The summed E-state index contributed by atoms with van der Waals surface area (Å²) in [6, 6.07) is 1.66. The topological polar surface area (TPSA) is 3.24 Å². The zero-order valence-electron chi connectivity index (χ0n) is 5.78. The Morgan fingerprint density at radius 2 is 1.75 bits per heavy atom. The van der Waals surface area contributed by atoms with E-state index in [1.54, 1.807) is 6.04 Å². The van der Waals surface area contributed by atoms with Crippen LogP contribution in [0.3, 0.4) is 0 Å². The fourth-order valence-corrected chi connectivity index (χ4v) is 1.04. The van der Waals surface area contributed by atoms with Crippen molar-refractivity contribution < 1.29 is 0 Å². The van der Waals surface area contributed by atoms with Gasteiger partial charge in [-0.05, 0) is 25.9 Å². The fourth-order valence-electron chi connectivity index (χ4n) is 1.04. The molecule has 1 rings (SSSR count). The minimum absolute atomic E-state index is 1.20. The van der Waals surface area contributed by atoms with Crippen LogP contribution in [0.25, 0.3) is 0 Å². The van der Waals surface area contributed by atoms with E-state index in [0.717, 1.165) is 0 Å². The smallest absolute Gasteiger partial charge is 0.0394 e. The van der Waals surface area contributed by atoms with Gasteiger partial charge in [-0.25, -0.2) is 0 Å². The third-order valence-electron chi connectivity index (χ3n) is 1.68. The Hall–Kier alpha value is -0.0400. The van der Waals surface area contributed by atoms with Crippen molar-refractivity contribution in [3.05, 3.63) is 6.04 Å². The van der Waals surface area contributed by atoms with Crippen molar-refractivity contribution in [1.82, 2.24) is 4.90 Å². The third kappa shape index (κ3) is 1.22. The van der Waals surface area contributed by atoms with Gasteiger partial charge >= 0.3 is 0 Å². The van der Waals surface area contributed by atoms with Crippen LogP contribution >= 0.6 is 0 Å². The molecule has 0 aromatic heterocycles. The van der Waals surface area contributed by atoms with E-state index in [1.165, 1.54) is 25.9 Å². The summed E-state index contributed by atoms with van der Waals surface area (Å²) in [6.45, 7) is 6.83. The Balaban J connectivity index is 2.15. The van der Waals surface area contributed by atoms with Crippen molar-refractivity contribution in [2.45, 2.75) is 26.7 Å². The standard InChI is InChI=1S/C7H14N/c1-3-8(4-2)7-5-6-7/h3-6H2,1-2H3. The maximum atomic E-state index is 2.44. The lowest BCUT2D eigenvalue weighted by Gasteiger charge is -2.14. The summed E-state index contributed by atoms with van der Waals surface area (Å²) in [5.74, 6) is 0. The van der Waals surface area contributed by atoms with Gasteiger partial charge < -0.3 is 0 Å². The van der Waals surface area contributed by atoms with E-state index >= 15 is 0 Å². The predicted molar refractivity (Wildman–Crippen MR) is 35.4 cm³/mol. The van der Waals surface area contributed by atoms with Gasteiger partial charge in [0.2, 0.25) is 0 Å². The summed E-state index contributed by atoms with van der Waals surface area (Å²) in [7, 11) is 0. The maximum absolute atomic E-state index is 2.44. The molecule has 0 atom stereocenters. The molecule has 1 nitrogen and oxygen atoms in total. The summed E-state index contributed by atoms with van der Waals surface area (Å²) in [4.78, 5) is 2.44. The van der Waals surface area contributed by atoms with Crippen molar-refractivity contribution in [3.63, 3.8) is 0 Å². The minimum Gasteiger partial charge on any atom is -0.296 e. The molecule has 1 heteroatoms. The highest BCUT2D eigenvalue weighted by Gasteiger charge is 2.27. The Morgan fingerprint density at radius 3 is 1.88 bits per heavy atom. The first-order chi connectivity index (χ1) is 3.88. The van der Waals surface area contributed by atoms with Gasteiger partial charge in [0.25, 0.3) is 0 Å². The summed E-state index contributed by atoms with van der Waals surface area (Å²) < 4.78 is 0. The molecule has 1 saturated carbocycles. The molecule has 47 valence electrons. The van der Waals surface area contributed by atoms with E-state index in [2.05, 4.69) is 18.7 Å². The molecule has 1 aliphatic carbocycles. The van der Waals surface area contributed by atoms with Crippen LogP contribution in [0, 0.1) is 6.04 Å². The van der Waals surface area contributed by atoms with Gasteiger partial charge in [-0.15, -0.1) is 0 Å². The summed E-state index contributed by atoms with van der Waals surface area (Å²) in [5.41, 5.74) is 0. The average Bonchev–Trinajstić information content (AvgIpc) is 2.53. The van der Waals surface area contributed by atoms with Crippen molar-refractivity contribution in [1.29, 1.82) is 0 Å². The second-order valence-corrected chi connectivity index (χ2v) is 2.24. The SMILES string of the molecule is CCN(CC)[C]1CC1. The molecule has 1 aliphatic rings. The lowest BCUT2D eigenvalue weighted by Crippen LogP contribution is -2.19. The molecule has 1 radical (unpaired) electrons. The van der Waals surface area contributed by atoms with Crippen LogP contribution in [-0.2, 0) is 0 Å². The van der Waals surface area contributed by atoms with Crippen molar-refractivity contribution in [2.24, 2.45) is 0 Å². The Morgan fingerprint density at radius 1 is 1.25 bits per heavy atom. The maximum Gasteiger partial charge on any atom is 0.0394 e. The molecule has 0 saturated heterocycles. The first-order valence-electron chi connectivity index (χ1n) is 3.48. The molecule has 0 unspecified atom stereocenters. The molecule has 0 heterocycles. The predicted octanol–water partition coefficient (Wildman–Crippen LogP) is 1.65. The average molecular weight is 112 g/mol. The van der Waals surface area contributed by atoms with Gasteiger partial charge in [-0.1, -0.05) is 13.8 Å². The van der Waals surface area contributed by atoms with E-state index in [4.69, 9.17) is 0 Å². The van der Waals surface area contributed by atoms with Crippen molar-refractivity contribution in [2.75, 3.05) is 13.1 Å². The van der Waals surface area contributed by atoms with Gasteiger partial charge in [0.05, 0.1) is 0 Å². The molecule has 0 spiro atoms. The third-order valence-corrected chi connectivity index (χ3v) is 1.68. The molecule has 0 aliphatic heterocycles. The van der Waals surface area contributed by atoms with E-state index in [9.17, 15) is 0 Å². The highest BCUT2D eigenvalue weighted by molar-refractivity contribution is 5.03. The molecule has 0 aromatic carbocycles. The Kier molecular flexibility index (Phi) is 1.90. The number of rotatable bonds is 3. The van der Waals surface area contributed by atoms with Gasteiger partial charge in [-0.2, -0.15) is 0 Å². The molecular formula is C7H14N.